The van der Waals surface area contributed by atoms with E-state index in [0.29, 0.717) is 5.92 Å². The van der Waals surface area contributed by atoms with Crippen molar-refractivity contribution in [2.75, 3.05) is 0 Å². The number of hydrogen-bond acceptors (Lipinski definition) is 1. The zero-order valence-corrected chi connectivity index (χ0v) is 11.5. The molecular formula is C17H24O. The average molecular weight is 244 g/mol. The summed E-state index contributed by atoms with van der Waals surface area (Å²) in [6, 6.07) is 8.55. The van der Waals surface area contributed by atoms with Crippen LogP contribution in [-0.4, -0.2) is 10.7 Å². The van der Waals surface area contributed by atoms with Crippen molar-refractivity contribution < 1.29 is 5.11 Å². The molecule has 1 heteroatoms. The van der Waals surface area contributed by atoms with Crippen molar-refractivity contribution in [3.05, 3.63) is 35.4 Å². The summed E-state index contributed by atoms with van der Waals surface area (Å²) in [5.41, 5.74) is 2.27. The fourth-order valence-electron chi connectivity index (χ4n) is 3.95. The highest BCUT2D eigenvalue weighted by atomic mass is 16.3. The van der Waals surface area contributed by atoms with Gasteiger partial charge in [-0.05, 0) is 41.7 Å². The maximum Gasteiger partial charge on any atom is 0.0756 e. The van der Waals surface area contributed by atoms with Crippen molar-refractivity contribution in [2.24, 2.45) is 17.8 Å². The Bertz CT molecular complexity index is 412. The van der Waals surface area contributed by atoms with Gasteiger partial charge in [0, 0.05) is 12.8 Å². The Balaban J connectivity index is 1.78. The second-order valence-electron chi connectivity index (χ2n) is 6.69. The molecule has 1 N–H and O–H groups in total. The van der Waals surface area contributed by atoms with Crippen LogP contribution in [0.3, 0.4) is 0 Å². The van der Waals surface area contributed by atoms with Gasteiger partial charge in [0.05, 0.1) is 5.60 Å². The highest BCUT2D eigenvalue weighted by molar-refractivity contribution is 5.35. The molecule has 0 aromatic heterocycles. The number of rotatable bonds is 1. The molecule has 98 valence electrons. The zero-order valence-electron chi connectivity index (χ0n) is 11.5. The van der Waals surface area contributed by atoms with Crippen molar-refractivity contribution in [1.29, 1.82) is 0 Å². The van der Waals surface area contributed by atoms with Crippen molar-refractivity contribution in [1.82, 2.24) is 0 Å². The summed E-state index contributed by atoms with van der Waals surface area (Å²) >= 11 is 0. The summed E-state index contributed by atoms with van der Waals surface area (Å²) in [4.78, 5) is 0. The molecule has 1 saturated carbocycles. The van der Waals surface area contributed by atoms with Crippen LogP contribution in [0.25, 0.3) is 0 Å². The maximum absolute atomic E-state index is 11.0. The smallest absolute Gasteiger partial charge is 0.0756 e. The Hall–Kier alpha value is -0.820. The van der Waals surface area contributed by atoms with Crippen LogP contribution in [0.2, 0.25) is 0 Å². The molecule has 0 bridgehead atoms. The summed E-state index contributed by atoms with van der Waals surface area (Å²) < 4.78 is 0. The Morgan fingerprint density at radius 2 is 1.61 bits per heavy atom. The van der Waals surface area contributed by atoms with E-state index < -0.39 is 5.60 Å². The molecule has 0 heterocycles. The van der Waals surface area contributed by atoms with Gasteiger partial charge in [0.1, 0.15) is 0 Å². The number of hydrogen-bond donors (Lipinski definition) is 1. The van der Waals surface area contributed by atoms with Crippen LogP contribution in [0, 0.1) is 17.8 Å². The lowest BCUT2D eigenvalue weighted by Crippen LogP contribution is -2.42. The van der Waals surface area contributed by atoms with Gasteiger partial charge in [-0.25, -0.2) is 0 Å². The van der Waals surface area contributed by atoms with Gasteiger partial charge in [-0.1, -0.05) is 44.5 Å². The first kappa shape index (κ1) is 12.2. The van der Waals surface area contributed by atoms with Crippen LogP contribution < -0.4 is 0 Å². The molecule has 2 aliphatic rings. The van der Waals surface area contributed by atoms with Crippen LogP contribution in [0.15, 0.2) is 24.3 Å². The molecule has 3 rings (SSSR count). The third-order valence-electron chi connectivity index (χ3n) is 5.47. The molecule has 1 aromatic carbocycles. The summed E-state index contributed by atoms with van der Waals surface area (Å²) in [5, 5.41) is 11.0. The van der Waals surface area contributed by atoms with Gasteiger partial charge in [-0.15, -0.1) is 0 Å². The second-order valence-corrected chi connectivity index (χ2v) is 6.69. The first-order valence-electron chi connectivity index (χ1n) is 7.37. The van der Waals surface area contributed by atoms with E-state index in [1.807, 2.05) is 0 Å². The van der Waals surface area contributed by atoms with Crippen molar-refractivity contribution in [2.45, 2.75) is 51.6 Å². The van der Waals surface area contributed by atoms with Crippen molar-refractivity contribution in [3.63, 3.8) is 0 Å². The van der Waals surface area contributed by atoms with Gasteiger partial charge in [-0.3, -0.25) is 0 Å². The fraction of sp³-hybridized carbons (Fsp3) is 0.647. The lowest BCUT2D eigenvalue weighted by atomic mass is 9.68. The minimum atomic E-state index is -0.460. The molecule has 0 saturated heterocycles. The van der Waals surface area contributed by atoms with Gasteiger partial charge in [-0.2, -0.15) is 0 Å². The summed E-state index contributed by atoms with van der Waals surface area (Å²) in [7, 11) is 0. The van der Waals surface area contributed by atoms with E-state index in [1.165, 1.54) is 30.4 Å². The van der Waals surface area contributed by atoms with Crippen LogP contribution in [-0.2, 0) is 12.8 Å². The van der Waals surface area contributed by atoms with E-state index in [2.05, 4.69) is 38.1 Å². The molecule has 3 atom stereocenters. The first-order valence-corrected chi connectivity index (χ1v) is 7.37. The normalized spacial score (nSPS) is 34.3. The first-order chi connectivity index (χ1) is 8.58. The van der Waals surface area contributed by atoms with Gasteiger partial charge in [0.25, 0.3) is 0 Å². The predicted molar refractivity (Wildman–Crippen MR) is 74.5 cm³/mol. The van der Waals surface area contributed by atoms with Crippen LogP contribution in [0.4, 0.5) is 0 Å². The number of aliphatic hydroxyl groups is 1. The SMILES string of the molecule is CC1CCC(C2(O)Cc3ccccc3C2)CC1C. The van der Waals surface area contributed by atoms with Gasteiger partial charge >= 0.3 is 0 Å². The van der Waals surface area contributed by atoms with Gasteiger partial charge in [0.2, 0.25) is 0 Å². The zero-order chi connectivity index (χ0) is 12.8. The second kappa shape index (κ2) is 4.38. The van der Waals surface area contributed by atoms with E-state index in [1.54, 1.807) is 0 Å². The third-order valence-corrected chi connectivity index (χ3v) is 5.47. The third kappa shape index (κ3) is 1.99. The molecule has 0 spiro atoms. The molecule has 2 aliphatic carbocycles. The molecule has 18 heavy (non-hydrogen) atoms. The van der Waals surface area contributed by atoms with E-state index in [9.17, 15) is 5.11 Å². The quantitative estimate of drug-likeness (QED) is 0.800. The maximum atomic E-state index is 11.0. The summed E-state index contributed by atoms with van der Waals surface area (Å²) in [6.07, 6.45) is 5.43. The molecule has 1 fully saturated rings. The van der Waals surface area contributed by atoms with Gasteiger partial charge in [0.15, 0.2) is 0 Å². The lowest BCUT2D eigenvalue weighted by Gasteiger charge is -2.40. The van der Waals surface area contributed by atoms with Crippen LogP contribution in [0.5, 0.6) is 0 Å². The molecule has 1 nitrogen and oxygen atoms in total. The molecule has 0 aliphatic heterocycles. The fourth-order valence-corrected chi connectivity index (χ4v) is 3.95. The van der Waals surface area contributed by atoms with Crippen LogP contribution in [0.1, 0.15) is 44.2 Å². The van der Waals surface area contributed by atoms with Crippen molar-refractivity contribution in [3.8, 4) is 0 Å². The number of benzene rings is 1. The Morgan fingerprint density at radius 1 is 1.00 bits per heavy atom. The standard InChI is InChI=1S/C17H24O/c1-12-7-8-16(9-13(12)2)17(18)10-14-5-3-4-6-15(14)11-17/h3-6,12-13,16,18H,7-11H2,1-2H3. The van der Waals surface area contributed by atoms with E-state index >= 15 is 0 Å². The molecule has 1 aromatic rings. The molecule has 0 amide bonds. The van der Waals surface area contributed by atoms with Gasteiger partial charge < -0.3 is 5.11 Å². The van der Waals surface area contributed by atoms with Crippen LogP contribution >= 0.6 is 0 Å². The predicted octanol–water partition coefficient (Wildman–Crippen LogP) is 3.59. The minimum Gasteiger partial charge on any atom is -0.389 e. The van der Waals surface area contributed by atoms with E-state index in [-0.39, 0.29) is 0 Å². The van der Waals surface area contributed by atoms with Crippen molar-refractivity contribution >= 4 is 0 Å². The topological polar surface area (TPSA) is 20.2 Å². The minimum absolute atomic E-state index is 0.460. The Labute approximate surface area is 110 Å². The highest BCUT2D eigenvalue weighted by Gasteiger charge is 2.44. The molecular weight excluding hydrogens is 220 g/mol. The lowest BCUT2D eigenvalue weighted by molar-refractivity contribution is -0.0386. The Kier molecular flexibility index (Phi) is 2.97. The average Bonchev–Trinajstić information content (AvgIpc) is 2.70. The van der Waals surface area contributed by atoms with E-state index in [4.69, 9.17) is 0 Å². The summed E-state index contributed by atoms with van der Waals surface area (Å²) in [6.45, 7) is 4.70. The largest absolute Gasteiger partial charge is 0.389 e. The van der Waals surface area contributed by atoms with E-state index in [0.717, 1.165) is 24.7 Å². The molecule has 3 unspecified atom stereocenters. The highest BCUT2D eigenvalue weighted by Crippen LogP contribution is 2.44. The number of fused-ring (bicyclic) bond motifs is 1. The molecule has 0 radical (unpaired) electrons. The Morgan fingerprint density at radius 3 is 2.17 bits per heavy atom. The monoisotopic (exact) mass is 244 g/mol. The summed E-state index contributed by atoms with van der Waals surface area (Å²) in [5.74, 6) is 2.08.